The highest BCUT2D eigenvalue weighted by molar-refractivity contribution is 14.1. The Morgan fingerprint density at radius 3 is 2.86 bits per heavy atom. The first-order valence-electron chi connectivity index (χ1n) is 6.52. The monoisotopic (exact) mass is 408 g/mol. The molecule has 0 saturated carbocycles. The van der Waals surface area contributed by atoms with Crippen molar-refractivity contribution in [2.24, 2.45) is 0 Å². The quantitative estimate of drug-likeness (QED) is 0.470. The lowest BCUT2D eigenvalue weighted by molar-refractivity contribution is -0.384. The predicted molar refractivity (Wildman–Crippen MR) is 83.0 cm³/mol. The summed E-state index contributed by atoms with van der Waals surface area (Å²) in [5.74, 6) is -1.49. The minimum Gasteiger partial charge on any atom is -0.481 e. The fourth-order valence-corrected chi connectivity index (χ4v) is 3.08. The molecule has 1 saturated heterocycles. The Hall–Kier alpha value is -1.45. The van der Waals surface area contributed by atoms with Crippen LogP contribution in [0.1, 0.15) is 25.7 Å². The molecule has 1 aliphatic heterocycles. The molecule has 1 heterocycles. The number of rotatable bonds is 4. The van der Waals surface area contributed by atoms with Crippen molar-refractivity contribution in [2.75, 3.05) is 11.4 Å². The number of hydrogen-bond donors (Lipinski definition) is 1. The maximum Gasteiger partial charge on any atom is 0.305 e. The molecule has 6 nitrogen and oxygen atoms in total. The molecule has 21 heavy (non-hydrogen) atoms. The van der Waals surface area contributed by atoms with Gasteiger partial charge in [0, 0.05) is 24.7 Å². The van der Waals surface area contributed by atoms with Crippen LogP contribution in [0.4, 0.5) is 15.8 Å². The number of nitro groups is 1. The van der Waals surface area contributed by atoms with E-state index in [-0.39, 0.29) is 27.4 Å². The van der Waals surface area contributed by atoms with Gasteiger partial charge in [-0.15, -0.1) is 0 Å². The van der Waals surface area contributed by atoms with E-state index < -0.39 is 16.7 Å². The average Bonchev–Trinajstić information content (AvgIpc) is 2.41. The predicted octanol–water partition coefficient (Wildman–Crippen LogP) is 3.17. The zero-order valence-electron chi connectivity index (χ0n) is 11.1. The number of benzene rings is 1. The summed E-state index contributed by atoms with van der Waals surface area (Å²) < 4.78 is 14.0. The van der Waals surface area contributed by atoms with Gasteiger partial charge >= 0.3 is 5.97 Å². The molecule has 1 unspecified atom stereocenters. The van der Waals surface area contributed by atoms with Gasteiger partial charge in [0.1, 0.15) is 11.5 Å². The Morgan fingerprint density at radius 1 is 1.52 bits per heavy atom. The second-order valence-corrected chi connectivity index (χ2v) is 6.12. The number of aliphatic carboxylic acids is 1. The van der Waals surface area contributed by atoms with E-state index in [4.69, 9.17) is 5.11 Å². The standard InChI is InChI=1S/C13H14FIN2O4/c14-9-6-11(12(17(20)21)7-10(9)15)16-4-2-1-3-8(16)5-13(18)19/h6-8H,1-5H2,(H,18,19). The van der Waals surface area contributed by atoms with Gasteiger partial charge in [-0.1, -0.05) is 0 Å². The molecule has 114 valence electrons. The number of anilines is 1. The van der Waals surface area contributed by atoms with E-state index in [9.17, 15) is 19.3 Å². The van der Waals surface area contributed by atoms with Crippen molar-refractivity contribution in [2.45, 2.75) is 31.7 Å². The van der Waals surface area contributed by atoms with Gasteiger partial charge < -0.3 is 10.0 Å². The van der Waals surface area contributed by atoms with Gasteiger partial charge in [-0.05, 0) is 41.9 Å². The molecule has 1 atom stereocenters. The number of carboxylic acid groups (broad SMARTS) is 1. The summed E-state index contributed by atoms with van der Waals surface area (Å²) in [6.07, 6.45) is 2.21. The van der Waals surface area contributed by atoms with E-state index in [1.165, 1.54) is 6.07 Å². The Labute approximate surface area is 134 Å². The third-order valence-corrected chi connectivity index (χ3v) is 4.39. The molecular formula is C13H14FIN2O4. The fraction of sp³-hybridized carbons (Fsp3) is 0.462. The zero-order valence-corrected chi connectivity index (χ0v) is 13.2. The maximum absolute atomic E-state index is 13.8. The first kappa shape index (κ1) is 15.9. The maximum atomic E-state index is 13.8. The number of hydrogen-bond acceptors (Lipinski definition) is 4. The van der Waals surface area contributed by atoms with Crippen molar-refractivity contribution in [1.29, 1.82) is 0 Å². The molecule has 8 heteroatoms. The lowest BCUT2D eigenvalue weighted by atomic mass is 9.98. The van der Waals surface area contributed by atoms with Gasteiger partial charge in [-0.3, -0.25) is 14.9 Å². The van der Waals surface area contributed by atoms with Gasteiger partial charge in [-0.2, -0.15) is 0 Å². The van der Waals surface area contributed by atoms with Crippen LogP contribution < -0.4 is 4.90 Å². The highest BCUT2D eigenvalue weighted by atomic mass is 127. The minimum absolute atomic E-state index is 0.106. The number of carboxylic acids is 1. The van der Waals surface area contributed by atoms with Gasteiger partial charge in [-0.25, -0.2) is 4.39 Å². The Kier molecular flexibility index (Phi) is 4.96. The highest BCUT2D eigenvalue weighted by Crippen LogP contribution is 2.36. The molecule has 0 radical (unpaired) electrons. The molecule has 0 spiro atoms. The van der Waals surface area contributed by atoms with Crippen LogP contribution in [-0.4, -0.2) is 28.6 Å². The Balaban J connectivity index is 2.44. The first-order chi connectivity index (χ1) is 9.90. The van der Waals surface area contributed by atoms with E-state index >= 15 is 0 Å². The molecule has 1 aromatic carbocycles. The van der Waals surface area contributed by atoms with Gasteiger partial charge in [0.25, 0.3) is 5.69 Å². The number of halogens is 2. The van der Waals surface area contributed by atoms with Crippen LogP contribution in [0.3, 0.4) is 0 Å². The summed E-state index contributed by atoms with van der Waals surface area (Å²) in [4.78, 5) is 23.3. The average molecular weight is 408 g/mol. The molecular weight excluding hydrogens is 394 g/mol. The van der Waals surface area contributed by atoms with Crippen molar-refractivity contribution in [3.8, 4) is 0 Å². The van der Waals surface area contributed by atoms with Crippen molar-refractivity contribution >= 4 is 39.9 Å². The van der Waals surface area contributed by atoms with Crippen LogP contribution in [0.15, 0.2) is 12.1 Å². The molecule has 1 fully saturated rings. The molecule has 0 amide bonds. The largest absolute Gasteiger partial charge is 0.481 e. The van der Waals surface area contributed by atoms with E-state index in [2.05, 4.69) is 0 Å². The molecule has 0 bridgehead atoms. The summed E-state index contributed by atoms with van der Waals surface area (Å²) in [5.41, 5.74) is -0.0121. The summed E-state index contributed by atoms with van der Waals surface area (Å²) in [7, 11) is 0. The lowest BCUT2D eigenvalue weighted by Crippen LogP contribution is -2.41. The topological polar surface area (TPSA) is 83.7 Å². The number of piperidine rings is 1. The second kappa shape index (κ2) is 6.54. The number of nitro benzene ring substituents is 1. The van der Waals surface area contributed by atoms with Crippen molar-refractivity contribution in [3.63, 3.8) is 0 Å². The Bertz CT molecular complexity index is 582. The van der Waals surface area contributed by atoms with Crippen LogP contribution >= 0.6 is 22.6 Å². The summed E-state index contributed by atoms with van der Waals surface area (Å²) >= 11 is 1.70. The van der Waals surface area contributed by atoms with Crippen LogP contribution in [0.25, 0.3) is 0 Å². The summed E-state index contributed by atoms with van der Waals surface area (Å²) in [5, 5.41) is 20.2. The molecule has 1 aliphatic rings. The van der Waals surface area contributed by atoms with E-state index in [1.807, 2.05) is 0 Å². The fourth-order valence-electron chi connectivity index (χ4n) is 2.63. The van der Waals surface area contributed by atoms with Crippen molar-refractivity contribution < 1.29 is 19.2 Å². The first-order valence-corrected chi connectivity index (χ1v) is 7.60. The summed E-state index contributed by atoms with van der Waals surface area (Å²) in [6, 6.07) is 1.99. The van der Waals surface area contributed by atoms with Crippen molar-refractivity contribution in [3.05, 3.63) is 31.6 Å². The second-order valence-electron chi connectivity index (χ2n) is 4.95. The molecule has 0 aliphatic carbocycles. The number of carbonyl (C=O) groups is 1. The highest BCUT2D eigenvalue weighted by Gasteiger charge is 2.30. The van der Waals surface area contributed by atoms with Gasteiger partial charge in [0.2, 0.25) is 0 Å². The third-order valence-electron chi connectivity index (χ3n) is 3.56. The zero-order chi connectivity index (χ0) is 15.6. The molecule has 1 aromatic rings. The molecule has 1 N–H and O–H groups in total. The van der Waals surface area contributed by atoms with Gasteiger partial charge in [0.05, 0.1) is 14.9 Å². The van der Waals surface area contributed by atoms with E-state index in [0.29, 0.717) is 13.0 Å². The smallest absolute Gasteiger partial charge is 0.305 e. The van der Waals surface area contributed by atoms with Crippen LogP contribution in [0.5, 0.6) is 0 Å². The van der Waals surface area contributed by atoms with Crippen LogP contribution in [-0.2, 0) is 4.79 Å². The third kappa shape index (κ3) is 3.60. The normalized spacial score (nSPS) is 18.6. The van der Waals surface area contributed by atoms with Gasteiger partial charge in [0.15, 0.2) is 0 Å². The SMILES string of the molecule is O=C(O)CC1CCCCN1c1cc(F)c(I)cc1[N+](=O)[O-]. The molecule has 0 aromatic heterocycles. The summed E-state index contributed by atoms with van der Waals surface area (Å²) in [6.45, 7) is 0.499. The van der Waals surface area contributed by atoms with Crippen LogP contribution in [0, 0.1) is 19.5 Å². The molecule has 2 rings (SSSR count). The van der Waals surface area contributed by atoms with Crippen LogP contribution in [0.2, 0.25) is 0 Å². The van der Waals surface area contributed by atoms with E-state index in [0.717, 1.165) is 18.9 Å². The Morgan fingerprint density at radius 2 is 2.24 bits per heavy atom. The lowest BCUT2D eigenvalue weighted by Gasteiger charge is -2.36. The van der Waals surface area contributed by atoms with Crippen molar-refractivity contribution in [1.82, 2.24) is 0 Å². The number of nitrogens with zero attached hydrogens (tertiary/aromatic N) is 2. The van der Waals surface area contributed by atoms with E-state index in [1.54, 1.807) is 27.5 Å². The minimum atomic E-state index is -0.958.